The molecule has 0 unspecified atom stereocenters. The molecule has 0 saturated carbocycles. The van der Waals surface area contributed by atoms with E-state index in [1.165, 1.54) is 0 Å². The zero-order chi connectivity index (χ0) is 22.0. The van der Waals surface area contributed by atoms with E-state index in [9.17, 15) is 9.59 Å². The predicted molar refractivity (Wildman–Crippen MR) is 126 cm³/mol. The number of benzene rings is 2. The summed E-state index contributed by atoms with van der Waals surface area (Å²) >= 11 is 3.48. The molecule has 1 saturated heterocycles. The minimum Gasteiger partial charge on any atom is -0.339 e. The number of aromatic nitrogens is 1. The van der Waals surface area contributed by atoms with E-state index in [2.05, 4.69) is 26.2 Å². The normalized spacial score (nSPS) is 13.3. The van der Waals surface area contributed by atoms with E-state index < -0.39 is 0 Å². The van der Waals surface area contributed by atoms with Crippen LogP contribution in [-0.2, 0) is 0 Å². The number of nitrogens with one attached hydrogen (secondary N) is 1. The summed E-state index contributed by atoms with van der Waals surface area (Å²) < 4.78 is 0.977. The third-order valence-electron chi connectivity index (χ3n) is 5.66. The van der Waals surface area contributed by atoms with Gasteiger partial charge in [-0.1, -0.05) is 34.1 Å². The highest BCUT2D eigenvalue weighted by atomic mass is 79.9. The van der Waals surface area contributed by atoms with E-state index in [-0.39, 0.29) is 11.8 Å². The van der Waals surface area contributed by atoms with E-state index >= 15 is 0 Å². The van der Waals surface area contributed by atoms with Gasteiger partial charge >= 0.3 is 0 Å². The Morgan fingerprint density at radius 3 is 2.42 bits per heavy atom. The first kappa shape index (κ1) is 21.2. The van der Waals surface area contributed by atoms with Crippen molar-refractivity contribution in [3.8, 4) is 11.3 Å². The Balaban J connectivity index is 1.56. The van der Waals surface area contributed by atoms with E-state index in [1.807, 2.05) is 67.3 Å². The Morgan fingerprint density at radius 2 is 1.71 bits per heavy atom. The number of rotatable bonds is 4. The van der Waals surface area contributed by atoms with Crippen LogP contribution in [0, 0.1) is 13.8 Å². The summed E-state index contributed by atoms with van der Waals surface area (Å²) in [5.74, 6) is -0.206. The fraction of sp³-hybridized carbons (Fsp3) is 0.240. The SMILES string of the molecule is Cc1nc(-c2cccc(Br)c2)ccc1C(=O)Nc1cccc(C(=O)N2CCCC2)c1C. The quantitative estimate of drug-likeness (QED) is 0.530. The lowest BCUT2D eigenvalue weighted by Crippen LogP contribution is -2.28. The molecule has 1 aliphatic heterocycles. The number of carbonyl (C=O) groups excluding carboxylic acids is 2. The summed E-state index contributed by atoms with van der Waals surface area (Å²) in [5.41, 5.74) is 5.01. The lowest BCUT2D eigenvalue weighted by Gasteiger charge is -2.18. The van der Waals surface area contributed by atoms with Crippen LogP contribution in [0.15, 0.2) is 59.1 Å². The van der Waals surface area contributed by atoms with Crippen molar-refractivity contribution in [2.75, 3.05) is 18.4 Å². The van der Waals surface area contributed by atoms with Crippen molar-refractivity contribution in [1.29, 1.82) is 0 Å². The van der Waals surface area contributed by atoms with Crippen LogP contribution < -0.4 is 5.32 Å². The fourth-order valence-electron chi connectivity index (χ4n) is 3.89. The molecule has 5 nitrogen and oxygen atoms in total. The van der Waals surface area contributed by atoms with Gasteiger partial charge in [-0.2, -0.15) is 0 Å². The molecule has 0 spiro atoms. The van der Waals surface area contributed by atoms with Gasteiger partial charge in [-0.15, -0.1) is 0 Å². The zero-order valence-corrected chi connectivity index (χ0v) is 19.2. The number of carbonyl (C=O) groups is 2. The molecule has 0 atom stereocenters. The molecular weight excluding hydrogens is 454 g/mol. The largest absolute Gasteiger partial charge is 0.339 e. The van der Waals surface area contributed by atoms with Gasteiger partial charge in [0.1, 0.15) is 0 Å². The molecule has 0 bridgehead atoms. The van der Waals surface area contributed by atoms with Crippen molar-refractivity contribution in [1.82, 2.24) is 9.88 Å². The van der Waals surface area contributed by atoms with E-state index in [1.54, 1.807) is 6.07 Å². The molecule has 1 N–H and O–H groups in total. The molecule has 3 aromatic rings. The number of nitrogens with zero attached hydrogens (tertiary/aromatic N) is 2. The van der Waals surface area contributed by atoms with Crippen molar-refractivity contribution in [3.05, 3.63) is 81.5 Å². The summed E-state index contributed by atoms with van der Waals surface area (Å²) in [6, 6.07) is 17.0. The molecule has 1 aliphatic rings. The topological polar surface area (TPSA) is 62.3 Å². The standard InChI is InChI=1S/C25H24BrN3O2/c1-16-20(25(31)29-13-3-4-14-29)9-6-10-22(16)28-24(30)21-11-12-23(27-17(21)2)18-7-5-8-19(26)15-18/h5-12,15H,3-4,13-14H2,1-2H3,(H,28,30). The van der Waals surface area contributed by atoms with Crippen LogP contribution in [0.2, 0.25) is 0 Å². The van der Waals surface area contributed by atoms with Crippen LogP contribution in [0.5, 0.6) is 0 Å². The molecule has 2 heterocycles. The first-order chi connectivity index (χ1) is 14.9. The maximum absolute atomic E-state index is 13.0. The molecule has 31 heavy (non-hydrogen) atoms. The third-order valence-corrected chi connectivity index (χ3v) is 6.15. The number of hydrogen-bond acceptors (Lipinski definition) is 3. The van der Waals surface area contributed by atoms with Crippen LogP contribution in [0.1, 0.15) is 44.8 Å². The van der Waals surface area contributed by atoms with Gasteiger partial charge in [-0.3, -0.25) is 14.6 Å². The van der Waals surface area contributed by atoms with E-state index in [4.69, 9.17) is 0 Å². The van der Waals surface area contributed by atoms with Gasteiger partial charge in [0.15, 0.2) is 0 Å². The Kier molecular flexibility index (Phi) is 6.18. The number of likely N-dealkylation sites (tertiary alicyclic amines) is 1. The highest BCUT2D eigenvalue weighted by Gasteiger charge is 2.22. The third kappa shape index (κ3) is 4.54. The first-order valence-corrected chi connectivity index (χ1v) is 11.2. The second-order valence-corrected chi connectivity index (χ2v) is 8.69. The number of halogens is 1. The van der Waals surface area contributed by atoms with Crippen molar-refractivity contribution >= 4 is 33.4 Å². The monoisotopic (exact) mass is 477 g/mol. The molecule has 2 amide bonds. The maximum atomic E-state index is 13.0. The summed E-state index contributed by atoms with van der Waals surface area (Å²) in [5, 5.41) is 2.96. The van der Waals surface area contributed by atoms with E-state index in [0.29, 0.717) is 22.5 Å². The predicted octanol–water partition coefficient (Wildman–Crippen LogP) is 5.62. The van der Waals surface area contributed by atoms with Crippen molar-refractivity contribution in [2.24, 2.45) is 0 Å². The van der Waals surface area contributed by atoms with Crippen LogP contribution >= 0.6 is 15.9 Å². The van der Waals surface area contributed by atoms with Crippen molar-refractivity contribution in [3.63, 3.8) is 0 Å². The summed E-state index contributed by atoms with van der Waals surface area (Å²) in [6.45, 7) is 5.30. The van der Waals surface area contributed by atoms with Gasteiger partial charge in [0.25, 0.3) is 11.8 Å². The fourth-order valence-corrected chi connectivity index (χ4v) is 4.29. The van der Waals surface area contributed by atoms with Crippen molar-refractivity contribution < 1.29 is 9.59 Å². The average Bonchev–Trinajstić information content (AvgIpc) is 3.29. The molecule has 2 aromatic carbocycles. The zero-order valence-electron chi connectivity index (χ0n) is 17.6. The number of aryl methyl sites for hydroxylation is 1. The van der Waals surface area contributed by atoms with E-state index in [0.717, 1.165) is 47.2 Å². The van der Waals surface area contributed by atoms with Gasteiger partial charge in [-0.25, -0.2) is 0 Å². The molecule has 6 heteroatoms. The molecular formula is C25H24BrN3O2. The van der Waals surface area contributed by atoms with Crippen molar-refractivity contribution in [2.45, 2.75) is 26.7 Å². The number of anilines is 1. The maximum Gasteiger partial charge on any atom is 0.257 e. The molecule has 158 valence electrons. The van der Waals surface area contributed by atoms with Gasteiger partial charge in [0.05, 0.1) is 17.0 Å². The van der Waals surface area contributed by atoms with Crippen LogP contribution in [0.4, 0.5) is 5.69 Å². The van der Waals surface area contributed by atoms with Gasteiger partial charge in [0.2, 0.25) is 0 Å². The number of pyridine rings is 1. The first-order valence-electron chi connectivity index (χ1n) is 10.4. The lowest BCUT2D eigenvalue weighted by atomic mass is 10.0. The van der Waals surface area contributed by atoms with Crippen LogP contribution in [0.25, 0.3) is 11.3 Å². The number of hydrogen-bond donors (Lipinski definition) is 1. The second kappa shape index (κ2) is 9.02. The molecule has 4 rings (SSSR count). The Morgan fingerprint density at radius 1 is 0.968 bits per heavy atom. The highest BCUT2D eigenvalue weighted by molar-refractivity contribution is 9.10. The lowest BCUT2D eigenvalue weighted by molar-refractivity contribution is 0.0791. The number of amides is 2. The molecule has 1 fully saturated rings. The molecule has 1 aromatic heterocycles. The highest BCUT2D eigenvalue weighted by Crippen LogP contribution is 2.25. The van der Waals surface area contributed by atoms with Crippen LogP contribution in [-0.4, -0.2) is 34.8 Å². The summed E-state index contributed by atoms with van der Waals surface area (Å²) in [4.78, 5) is 32.3. The molecule has 0 aliphatic carbocycles. The second-order valence-electron chi connectivity index (χ2n) is 7.77. The minimum atomic E-state index is -0.236. The molecule has 0 radical (unpaired) electrons. The summed E-state index contributed by atoms with van der Waals surface area (Å²) in [6.07, 6.45) is 2.09. The van der Waals surface area contributed by atoms with Gasteiger partial charge < -0.3 is 10.2 Å². The Labute approximate surface area is 190 Å². The smallest absolute Gasteiger partial charge is 0.257 e. The van der Waals surface area contributed by atoms with Gasteiger partial charge in [0, 0.05) is 34.4 Å². The minimum absolute atomic E-state index is 0.0299. The summed E-state index contributed by atoms with van der Waals surface area (Å²) in [7, 11) is 0. The Bertz CT molecular complexity index is 1150. The average molecular weight is 478 g/mol. The Hall–Kier alpha value is -2.99. The van der Waals surface area contributed by atoms with Gasteiger partial charge in [-0.05, 0) is 68.7 Å². The van der Waals surface area contributed by atoms with Crippen LogP contribution in [0.3, 0.4) is 0 Å².